The SMILES string of the molecule is CNc1nccn1-c1ccc(NC(C)=O)cc1. The van der Waals surface area contributed by atoms with Crippen LogP contribution in [0.15, 0.2) is 36.7 Å². The number of hydrogen-bond acceptors (Lipinski definition) is 3. The molecular weight excluding hydrogens is 216 g/mol. The van der Waals surface area contributed by atoms with E-state index in [9.17, 15) is 4.79 Å². The van der Waals surface area contributed by atoms with Gasteiger partial charge in [0.05, 0.1) is 0 Å². The molecule has 2 aromatic rings. The molecular formula is C12H14N4O. The standard InChI is InChI=1S/C12H14N4O/c1-9(17)15-10-3-5-11(6-4-10)16-8-7-14-12(16)13-2/h3-8H,1-2H3,(H,13,14)(H,15,17). The van der Waals surface area contributed by atoms with E-state index in [2.05, 4.69) is 15.6 Å². The predicted molar refractivity (Wildman–Crippen MR) is 67.4 cm³/mol. The highest BCUT2D eigenvalue weighted by atomic mass is 16.1. The first-order chi connectivity index (χ1) is 8.20. The number of amides is 1. The van der Waals surface area contributed by atoms with E-state index in [0.29, 0.717) is 0 Å². The summed E-state index contributed by atoms with van der Waals surface area (Å²) in [4.78, 5) is 15.1. The molecule has 0 saturated carbocycles. The van der Waals surface area contributed by atoms with Crippen LogP contribution in [0.1, 0.15) is 6.92 Å². The molecule has 0 unspecified atom stereocenters. The Morgan fingerprint density at radius 1 is 1.29 bits per heavy atom. The second-order valence-corrected chi connectivity index (χ2v) is 3.60. The average Bonchev–Trinajstić information content (AvgIpc) is 2.77. The quantitative estimate of drug-likeness (QED) is 0.846. The Hall–Kier alpha value is -2.30. The van der Waals surface area contributed by atoms with Crippen LogP contribution >= 0.6 is 0 Å². The first kappa shape index (κ1) is 11.2. The number of imidazole rings is 1. The van der Waals surface area contributed by atoms with Crippen molar-refractivity contribution in [2.24, 2.45) is 0 Å². The number of aromatic nitrogens is 2. The number of benzene rings is 1. The van der Waals surface area contributed by atoms with Gasteiger partial charge in [0.25, 0.3) is 0 Å². The van der Waals surface area contributed by atoms with Crippen LogP contribution in [0.2, 0.25) is 0 Å². The van der Waals surface area contributed by atoms with Gasteiger partial charge in [0.1, 0.15) is 0 Å². The largest absolute Gasteiger partial charge is 0.358 e. The van der Waals surface area contributed by atoms with E-state index in [0.717, 1.165) is 17.3 Å². The minimum atomic E-state index is -0.0729. The molecule has 1 aromatic heterocycles. The third kappa shape index (κ3) is 2.44. The molecule has 1 aromatic carbocycles. The molecule has 2 N–H and O–H groups in total. The maximum absolute atomic E-state index is 10.9. The van der Waals surface area contributed by atoms with Crippen LogP contribution < -0.4 is 10.6 Å². The van der Waals surface area contributed by atoms with Gasteiger partial charge in [-0.05, 0) is 24.3 Å². The molecule has 0 aliphatic carbocycles. The number of nitrogens with one attached hydrogen (secondary N) is 2. The second-order valence-electron chi connectivity index (χ2n) is 3.60. The summed E-state index contributed by atoms with van der Waals surface area (Å²) in [6.45, 7) is 1.49. The molecule has 5 heteroatoms. The molecule has 0 aliphatic rings. The lowest BCUT2D eigenvalue weighted by Gasteiger charge is -2.08. The van der Waals surface area contributed by atoms with Crippen LogP contribution in [0.4, 0.5) is 11.6 Å². The number of carbonyl (C=O) groups excluding carboxylic acids is 1. The van der Waals surface area contributed by atoms with Gasteiger partial charge in [-0.1, -0.05) is 0 Å². The fourth-order valence-electron chi connectivity index (χ4n) is 1.61. The van der Waals surface area contributed by atoms with Crippen LogP contribution in [-0.2, 0) is 4.79 Å². The third-order valence-electron chi connectivity index (χ3n) is 2.33. The van der Waals surface area contributed by atoms with Crippen LogP contribution in [0.5, 0.6) is 0 Å². The topological polar surface area (TPSA) is 59.0 Å². The summed E-state index contributed by atoms with van der Waals surface area (Å²) >= 11 is 0. The minimum Gasteiger partial charge on any atom is -0.358 e. The Balaban J connectivity index is 2.26. The smallest absolute Gasteiger partial charge is 0.221 e. The molecule has 0 saturated heterocycles. The van der Waals surface area contributed by atoms with E-state index >= 15 is 0 Å². The number of rotatable bonds is 3. The third-order valence-corrected chi connectivity index (χ3v) is 2.33. The van der Waals surface area contributed by atoms with Gasteiger partial charge in [-0.25, -0.2) is 4.98 Å². The van der Waals surface area contributed by atoms with E-state index in [-0.39, 0.29) is 5.91 Å². The minimum absolute atomic E-state index is 0.0729. The van der Waals surface area contributed by atoms with Crippen molar-refractivity contribution in [3.63, 3.8) is 0 Å². The molecule has 0 atom stereocenters. The number of hydrogen-bond donors (Lipinski definition) is 2. The van der Waals surface area contributed by atoms with Gasteiger partial charge < -0.3 is 10.6 Å². The zero-order valence-electron chi connectivity index (χ0n) is 9.77. The molecule has 88 valence electrons. The second kappa shape index (κ2) is 4.69. The number of anilines is 2. The Morgan fingerprint density at radius 3 is 2.59 bits per heavy atom. The summed E-state index contributed by atoms with van der Waals surface area (Å²) in [5.41, 5.74) is 1.77. The summed E-state index contributed by atoms with van der Waals surface area (Å²) in [5.74, 6) is 0.702. The molecule has 0 spiro atoms. The molecule has 2 rings (SSSR count). The van der Waals surface area contributed by atoms with Gasteiger partial charge >= 0.3 is 0 Å². The number of carbonyl (C=O) groups is 1. The fourth-order valence-corrected chi connectivity index (χ4v) is 1.61. The van der Waals surface area contributed by atoms with Crippen LogP contribution in [0.25, 0.3) is 5.69 Å². The molecule has 0 fully saturated rings. The van der Waals surface area contributed by atoms with Crippen molar-refractivity contribution >= 4 is 17.5 Å². The first-order valence-corrected chi connectivity index (χ1v) is 5.30. The van der Waals surface area contributed by atoms with Crippen molar-refractivity contribution in [3.05, 3.63) is 36.7 Å². The van der Waals surface area contributed by atoms with E-state index < -0.39 is 0 Å². The van der Waals surface area contributed by atoms with Gasteiger partial charge in [0.15, 0.2) is 0 Å². The van der Waals surface area contributed by atoms with E-state index in [1.807, 2.05) is 42.1 Å². The van der Waals surface area contributed by atoms with Crippen LogP contribution in [0.3, 0.4) is 0 Å². The van der Waals surface area contributed by atoms with Crippen molar-refractivity contribution in [1.29, 1.82) is 0 Å². The molecule has 5 nitrogen and oxygen atoms in total. The lowest BCUT2D eigenvalue weighted by molar-refractivity contribution is -0.114. The summed E-state index contributed by atoms with van der Waals surface area (Å²) in [6.07, 6.45) is 3.60. The molecule has 17 heavy (non-hydrogen) atoms. The highest BCUT2D eigenvalue weighted by Gasteiger charge is 2.02. The first-order valence-electron chi connectivity index (χ1n) is 5.30. The number of nitrogens with zero attached hydrogens (tertiary/aromatic N) is 2. The fraction of sp³-hybridized carbons (Fsp3) is 0.167. The average molecular weight is 230 g/mol. The molecule has 0 aliphatic heterocycles. The van der Waals surface area contributed by atoms with Crippen molar-refractivity contribution in [3.8, 4) is 5.69 Å². The molecule has 0 bridgehead atoms. The van der Waals surface area contributed by atoms with Crippen molar-refractivity contribution in [2.75, 3.05) is 17.7 Å². The molecule has 0 radical (unpaired) electrons. The Kier molecular flexibility index (Phi) is 3.09. The maximum Gasteiger partial charge on any atom is 0.221 e. The molecule has 1 heterocycles. The van der Waals surface area contributed by atoms with Gasteiger partial charge in [-0.2, -0.15) is 0 Å². The van der Waals surface area contributed by atoms with Gasteiger partial charge in [-0.15, -0.1) is 0 Å². The predicted octanol–water partition coefficient (Wildman–Crippen LogP) is 1.87. The highest BCUT2D eigenvalue weighted by molar-refractivity contribution is 5.88. The zero-order chi connectivity index (χ0) is 12.3. The summed E-state index contributed by atoms with van der Waals surface area (Å²) in [7, 11) is 1.82. The lowest BCUT2D eigenvalue weighted by atomic mass is 10.2. The van der Waals surface area contributed by atoms with Gasteiger partial charge in [0, 0.05) is 37.7 Å². The molecule has 1 amide bonds. The zero-order valence-corrected chi connectivity index (χ0v) is 9.77. The maximum atomic E-state index is 10.9. The normalized spacial score (nSPS) is 10.0. The van der Waals surface area contributed by atoms with Gasteiger partial charge in [0.2, 0.25) is 11.9 Å². The van der Waals surface area contributed by atoms with Gasteiger partial charge in [-0.3, -0.25) is 9.36 Å². The lowest BCUT2D eigenvalue weighted by Crippen LogP contribution is -2.06. The van der Waals surface area contributed by atoms with E-state index in [4.69, 9.17) is 0 Å². The summed E-state index contributed by atoms with van der Waals surface area (Å²) in [5, 5.41) is 5.73. The van der Waals surface area contributed by atoms with Crippen molar-refractivity contribution in [1.82, 2.24) is 9.55 Å². The van der Waals surface area contributed by atoms with Crippen molar-refractivity contribution < 1.29 is 4.79 Å². The van der Waals surface area contributed by atoms with Crippen LogP contribution in [0, 0.1) is 0 Å². The highest BCUT2D eigenvalue weighted by Crippen LogP contribution is 2.16. The monoisotopic (exact) mass is 230 g/mol. The van der Waals surface area contributed by atoms with E-state index in [1.54, 1.807) is 6.20 Å². The Labute approximate surface area is 99.5 Å². The summed E-state index contributed by atoms with van der Waals surface area (Å²) in [6, 6.07) is 7.56. The van der Waals surface area contributed by atoms with E-state index in [1.165, 1.54) is 6.92 Å². The Morgan fingerprint density at radius 2 is 2.00 bits per heavy atom. The Bertz CT molecular complexity index is 516. The van der Waals surface area contributed by atoms with Crippen LogP contribution in [-0.4, -0.2) is 22.5 Å². The van der Waals surface area contributed by atoms with Crippen molar-refractivity contribution in [2.45, 2.75) is 6.92 Å². The summed E-state index contributed by atoms with van der Waals surface area (Å²) < 4.78 is 1.93.